The van der Waals surface area contributed by atoms with Gasteiger partial charge in [0.1, 0.15) is 11.2 Å². The fourth-order valence-corrected chi connectivity index (χ4v) is 2.47. The first kappa shape index (κ1) is 14.0. The molecule has 1 aliphatic heterocycles. The highest BCUT2D eigenvalue weighted by Crippen LogP contribution is 2.44. The molecular weight excluding hydrogens is 240 g/mol. The van der Waals surface area contributed by atoms with Gasteiger partial charge in [0, 0.05) is 23.7 Å². The lowest BCUT2D eigenvalue weighted by atomic mass is 10.0. The largest absolute Gasteiger partial charge is 0.484 e. The van der Waals surface area contributed by atoms with Crippen molar-refractivity contribution in [3.8, 4) is 11.5 Å². The zero-order chi connectivity index (χ0) is 14.3. The molecule has 4 N–H and O–H groups in total. The van der Waals surface area contributed by atoms with E-state index in [0.717, 1.165) is 29.9 Å². The number of rotatable bonds is 4. The quantitative estimate of drug-likeness (QED) is 0.820. The van der Waals surface area contributed by atoms with E-state index in [4.69, 9.17) is 20.9 Å². The zero-order valence-electron chi connectivity index (χ0n) is 12.2. The van der Waals surface area contributed by atoms with Gasteiger partial charge in [-0.15, -0.1) is 0 Å². The van der Waals surface area contributed by atoms with E-state index in [1.807, 2.05) is 26.0 Å². The van der Waals surface area contributed by atoms with Crippen LogP contribution in [-0.4, -0.2) is 17.7 Å². The molecule has 1 aromatic carbocycles. The average Bonchev–Trinajstić information content (AvgIpc) is 2.51. The second-order valence-corrected chi connectivity index (χ2v) is 6.45. The Labute approximate surface area is 115 Å². The van der Waals surface area contributed by atoms with Crippen molar-refractivity contribution in [1.82, 2.24) is 0 Å². The monoisotopic (exact) mass is 264 g/mol. The fourth-order valence-electron chi connectivity index (χ4n) is 2.47. The minimum atomic E-state index is -0.327. The van der Waals surface area contributed by atoms with Crippen molar-refractivity contribution in [2.24, 2.45) is 5.73 Å². The van der Waals surface area contributed by atoms with Gasteiger partial charge in [-0.3, -0.25) is 0 Å². The molecule has 106 valence electrons. The van der Waals surface area contributed by atoms with Crippen LogP contribution in [-0.2, 0) is 6.42 Å². The van der Waals surface area contributed by atoms with E-state index in [-0.39, 0.29) is 11.2 Å². The molecule has 0 bridgehead atoms. The molecule has 0 radical (unpaired) electrons. The van der Waals surface area contributed by atoms with E-state index >= 15 is 0 Å². The molecule has 1 aromatic rings. The molecular formula is C15H24N2O2. The van der Waals surface area contributed by atoms with E-state index in [1.54, 1.807) is 0 Å². The third-order valence-electron chi connectivity index (χ3n) is 3.28. The van der Waals surface area contributed by atoms with Crippen molar-refractivity contribution in [1.29, 1.82) is 0 Å². The van der Waals surface area contributed by atoms with Gasteiger partial charge in [-0.25, -0.2) is 0 Å². The average molecular weight is 264 g/mol. The van der Waals surface area contributed by atoms with Crippen LogP contribution >= 0.6 is 0 Å². The van der Waals surface area contributed by atoms with Crippen molar-refractivity contribution < 1.29 is 9.47 Å². The van der Waals surface area contributed by atoms with Crippen molar-refractivity contribution in [2.75, 3.05) is 12.3 Å². The summed E-state index contributed by atoms with van der Waals surface area (Å²) in [5.74, 6) is 1.54. The molecule has 4 nitrogen and oxygen atoms in total. The molecule has 0 fully saturated rings. The molecule has 1 aliphatic rings. The zero-order valence-corrected chi connectivity index (χ0v) is 12.2. The number of ether oxygens (including phenoxy) is 2. The molecule has 0 aromatic heterocycles. The molecule has 4 heteroatoms. The number of nitrogens with two attached hydrogens (primary N) is 2. The Hall–Kier alpha value is -1.42. The molecule has 0 unspecified atom stereocenters. The smallest absolute Gasteiger partial charge is 0.165 e. The summed E-state index contributed by atoms with van der Waals surface area (Å²) in [6, 6.07) is 3.80. The topological polar surface area (TPSA) is 70.5 Å². The van der Waals surface area contributed by atoms with Crippen LogP contribution < -0.4 is 20.9 Å². The van der Waals surface area contributed by atoms with Gasteiger partial charge >= 0.3 is 0 Å². The van der Waals surface area contributed by atoms with E-state index < -0.39 is 0 Å². The van der Waals surface area contributed by atoms with E-state index in [2.05, 4.69) is 13.8 Å². The Kier molecular flexibility index (Phi) is 3.39. The third-order valence-corrected chi connectivity index (χ3v) is 3.28. The molecule has 0 amide bonds. The van der Waals surface area contributed by atoms with Crippen molar-refractivity contribution in [2.45, 2.75) is 51.7 Å². The fraction of sp³-hybridized carbons (Fsp3) is 0.600. The SMILES string of the molecule is CC(C)(CCN)Oc1cc(N)cc2c1OC(C)(C)C2. The molecule has 1 heterocycles. The summed E-state index contributed by atoms with van der Waals surface area (Å²) in [7, 11) is 0. The predicted molar refractivity (Wildman–Crippen MR) is 77.6 cm³/mol. The van der Waals surface area contributed by atoms with Gasteiger partial charge in [-0.1, -0.05) is 0 Å². The second-order valence-electron chi connectivity index (χ2n) is 6.45. The lowest BCUT2D eigenvalue weighted by Crippen LogP contribution is -2.31. The van der Waals surface area contributed by atoms with Crippen LogP contribution in [0.2, 0.25) is 0 Å². The maximum absolute atomic E-state index is 6.07. The summed E-state index contributed by atoms with van der Waals surface area (Å²) < 4.78 is 12.1. The maximum Gasteiger partial charge on any atom is 0.165 e. The molecule has 19 heavy (non-hydrogen) atoms. The summed E-state index contributed by atoms with van der Waals surface area (Å²) in [5, 5.41) is 0. The molecule has 2 rings (SSSR count). The minimum absolute atomic E-state index is 0.202. The first-order valence-corrected chi connectivity index (χ1v) is 6.73. The Bertz CT molecular complexity index is 481. The lowest BCUT2D eigenvalue weighted by molar-refractivity contribution is 0.0852. The second kappa shape index (κ2) is 4.60. The molecule has 0 atom stereocenters. The molecule has 0 saturated carbocycles. The van der Waals surface area contributed by atoms with Gasteiger partial charge in [-0.05, 0) is 46.7 Å². The van der Waals surface area contributed by atoms with Crippen LogP contribution in [0.1, 0.15) is 39.7 Å². The van der Waals surface area contributed by atoms with Crippen LogP contribution in [0, 0.1) is 0 Å². The number of anilines is 1. The van der Waals surface area contributed by atoms with Crippen LogP contribution in [0.3, 0.4) is 0 Å². The Balaban J connectivity index is 2.33. The van der Waals surface area contributed by atoms with Gasteiger partial charge in [0.15, 0.2) is 11.5 Å². The summed E-state index contributed by atoms with van der Waals surface area (Å²) in [5.41, 5.74) is 12.9. The van der Waals surface area contributed by atoms with Gasteiger partial charge < -0.3 is 20.9 Å². The maximum atomic E-state index is 6.07. The highest BCUT2D eigenvalue weighted by molar-refractivity contribution is 5.59. The lowest BCUT2D eigenvalue weighted by Gasteiger charge is -2.27. The van der Waals surface area contributed by atoms with Crippen LogP contribution in [0.4, 0.5) is 5.69 Å². The summed E-state index contributed by atoms with van der Waals surface area (Å²) in [6.45, 7) is 8.77. The van der Waals surface area contributed by atoms with Crippen LogP contribution in [0.15, 0.2) is 12.1 Å². The number of fused-ring (bicyclic) bond motifs is 1. The Morgan fingerprint density at radius 2 is 2.05 bits per heavy atom. The number of hydrogen-bond acceptors (Lipinski definition) is 4. The van der Waals surface area contributed by atoms with Crippen molar-refractivity contribution >= 4 is 5.69 Å². The molecule has 0 spiro atoms. The summed E-state index contributed by atoms with van der Waals surface area (Å²) >= 11 is 0. The summed E-state index contributed by atoms with van der Waals surface area (Å²) in [4.78, 5) is 0. The number of benzene rings is 1. The minimum Gasteiger partial charge on any atom is -0.484 e. The number of hydrogen-bond donors (Lipinski definition) is 2. The first-order valence-electron chi connectivity index (χ1n) is 6.73. The van der Waals surface area contributed by atoms with Crippen molar-refractivity contribution in [3.05, 3.63) is 17.7 Å². The van der Waals surface area contributed by atoms with Crippen LogP contribution in [0.5, 0.6) is 11.5 Å². The Morgan fingerprint density at radius 3 is 2.68 bits per heavy atom. The highest BCUT2D eigenvalue weighted by atomic mass is 16.5. The van der Waals surface area contributed by atoms with Crippen LogP contribution in [0.25, 0.3) is 0 Å². The normalized spacial score (nSPS) is 16.9. The predicted octanol–water partition coefficient (Wildman–Crippen LogP) is 2.49. The van der Waals surface area contributed by atoms with E-state index in [0.29, 0.717) is 12.2 Å². The molecule has 0 aliphatic carbocycles. The van der Waals surface area contributed by atoms with Gasteiger partial charge in [-0.2, -0.15) is 0 Å². The standard InChI is InChI=1S/C15H24N2O2/c1-14(2,5-6-16)18-12-8-11(17)7-10-9-15(3,4)19-13(10)12/h7-8H,5-6,9,16-17H2,1-4H3. The van der Waals surface area contributed by atoms with Gasteiger partial charge in [0.05, 0.1) is 0 Å². The van der Waals surface area contributed by atoms with Gasteiger partial charge in [0.2, 0.25) is 0 Å². The highest BCUT2D eigenvalue weighted by Gasteiger charge is 2.34. The molecule has 0 saturated heterocycles. The number of nitrogen functional groups attached to an aromatic ring is 1. The van der Waals surface area contributed by atoms with Crippen molar-refractivity contribution in [3.63, 3.8) is 0 Å². The summed E-state index contributed by atoms with van der Waals surface area (Å²) in [6.07, 6.45) is 1.63. The van der Waals surface area contributed by atoms with E-state index in [9.17, 15) is 0 Å². The van der Waals surface area contributed by atoms with E-state index in [1.165, 1.54) is 0 Å². The first-order chi connectivity index (χ1) is 8.72. The Morgan fingerprint density at radius 1 is 1.37 bits per heavy atom. The third kappa shape index (κ3) is 3.13. The van der Waals surface area contributed by atoms with Gasteiger partial charge in [0.25, 0.3) is 0 Å².